The molecule has 2 fully saturated rings. The summed E-state index contributed by atoms with van der Waals surface area (Å²) in [6.45, 7) is 3.88. The van der Waals surface area contributed by atoms with Crippen LogP contribution >= 0.6 is 11.7 Å². The van der Waals surface area contributed by atoms with Crippen molar-refractivity contribution < 1.29 is 8.42 Å². The van der Waals surface area contributed by atoms with Crippen LogP contribution in [0, 0.1) is 5.92 Å². The zero-order chi connectivity index (χ0) is 17.3. The number of hydrogen-bond acceptors (Lipinski definition) is 6. The fourth-order valence-corrected chi connectivity index (χ4v) is 6.19. The minimum atomic E-state index is -3.50. The summed E-state index contributed by atoms with van der Waals surface area (Å²) >= 11 is 1.06. The van der Waals surface area contributed by atoms with E-state index in [1.807, 2.05) is 0 Å². The van der Waals surface area contributed by atoms with Gasteiger partial charge in [0.15, 0.2) is 0 Å². The Hall–Kier alpha value is -1.09. The van der Waals surface area contributed by atoms with Gasteiger partial charge in [0.1, 0.15) is 15.9 Å². The highest BCUT2D eigenvalue weighted by atomic mass is 32.2. The van der Waals surface area contributed by atoms with Crippen LogP contribution in [0.1, 0.15) is 32.1 Å². The van der Waals surface area contributed by atoms with Crippen molar-refractivity contribution >= 4 is 32.8 Å². The molecule has 0 N–H and O–H groups in total. The second kappa shape index (κ2) is 7.26. The molecule has 1 aliphatic heterocycles. The fraction of sp³-hybridized carbons (Fsp3) is 0.647. The Morgan fingerprint density at radius 1 is 1.04 bits per heavy atom. The molecule has 25 heavy (non-hydrogen) atoms. The molecule has 4 rings (SSSR count). The van der Waals surface area contributed by atoms with E-state index in [0.717, 1.165) is 37.3 Å². The highest BCUT2D eigenvalue weighted by Crippen LogP contribution is 2.27. The first-order valence-electron chi connectivity index (χ1n) is 9.08. The van der Waals surface area contributed by atoms with E-state index >= 15 is 0 Å². The topological polar surface area (TPSA) is 66.4 Å². The first-order chi connectivity index (χ1) is 12.1. The molecule has 0 radical (unpaired) electrons. The Kier molecular flexibility index (Phi) is 5.04. The van der Waals surface area contributed by atoms with Crippen LogP contribution < -0.4 is 0 Å². The summed E-state index contributed by atoms with van der Waals surface area (Å²) in [5.74, 6) is 0.798. The van der Waals surface area contributed by atoms with Gasteiger partial charge in [-0.25, -0.2) is 8.42 Å². The third kappa shape index (κ3) is 3.58. The molecule has 8 heteroatoms. The smallest absolute Gasteiger partial charge is 0.245 e. The third-order valence-electron chi connectivity index (χ3n) is 5.44. The molecule has 1 aliphatic carbocycles. The molecule has 1 aromatic heterocycles. The van der Waals surface area contributed by atoms with E-state index in [4.69, 9.17) is 0 Å². The van der Waals surface area contributed by atoms with Gasteiger partial charge in [0.25, 0.3) is 0 Å². The van der Waals surface area contributed by atoms with Crippen molar-refractivity contribution in [3.05, 3.63) is 18.2 Å². The number of piperazine rings is 1. The zero-order valence-electron chi connectivity index (χ0n) is 14.3. The van der Waals surface area contributed by atoms with E-state index < -0.39 is 10.0 Å². The van der Waals surface area contributed by atoms with Gasteiger partial charge in [-0.15, -0.1) is 0 Å². The van der Waals surface area contributed by atoms with E-state index in [0.29, 0.717) is 29.0 Å². The number of sulfonamides is 1. The summed E-state index contributed by atoms with van der Waals surface area (Å²) in [5, 5.41) is 0. The molecule has 2 aliphatic rings. The Morgan fingerprint density at radius 2 is 1.80 bits per heavy atom. The molecule has 2 heterocycles. The standard InChI is InChI=1S/C17H24N4O2S2/c22-25(23,16-8-4-7-15-17(16)19-24-18-15)21-11-9-20(10-12-21)13-14-5-2-1-3-6-14/h4,7-8,14H,1-3,5-6,9-13H2. The van der Waals surface area contributed by atoms with E-state index in [2.05, 4.69) is 13.6 Å². The molecule has 6 nitrogen and oxygen atoms in total. The minimum absolute atomic E-state index is 0.291. The minimum Gasteiger partial charge on any atom is -0.300 e. The average Bonchev–Trinajstić information content (AvgIpc) is 3.11. The molecule has 1 saturated heterocycles. The average molecular weight is 381 g/mol. The predicted octanol–water partition coefficient (Wildman–Crippen LogP) is 2.58. The number of rotatable bonds is 4. The van der Waals surface area contributed by atoms with Crippen molar-refractivity contribution in [3.8, 4) is 0 Å². The molecule has 0 amide bonds. The van der Waals surface area contributed by atoms with Gasteiger partial charge in [0.2, 0.25) is 10.0 Å². The van der Waals surface area contributed by atoms with E-state index in [9.17, 15) is 8.42 Å². The highest BCUT2D eigenvalue weighted by Gasteiger charge is 2.31. The van der Waals surface area contributed by atoms with Crippen molar-refractivity contribution in [1.82, 2.24) is 18.0 Å². The summed E-state index contributed by atoms with van der Waals surface area (Å²) < 4.78 is 36.0. The van der Waals surface area contributed by atoms with Gasteiger partial charge >= 0.3 is 0 Å². The molecule has 2 aromatic rings. The summed E-state index contributed by atoms with van der Waals surface area (Å²) in [7, 11) is -3.50. The lowest BCUT2D eigenvalue weighted by atomic mass is 9.89. The largest absolute Gasteiger partial charge is 0.300 e. The fourth-order valence-electron chi connectivity index (χ4n) is 4.02. The van der Waals surface area contributed by atoms with Gasteiger partial charge in [-0.1, -0.05) is 25.3 Å². The monoisotopic (exact) mass is 380 g/mol. The van der Waals surface area contributed by atoms with Gasteiger partial charge in [-0.3, -0.25) is 0 Å². The van der Waals surface area contributed by atoms with Crippen LogP contribution in [-0.2, 0) is 10.0 Å². The van der Waals surface area contributed by atoms with Crippen molar-refractivity contribution in [2.75, 3.05) is 32.7 Å². The SMILES string of the molecule is O=S(=O)(c1cccc2nsnc12)N1CCN(CC2CCCCC2)CC1. The number of fused-ring (bicyclic) bond motifs is 1. The molecule has 0 spiro atoms. The van der Waals surface area contributed by atoms with E-state index in [-0.39, 0.29) is 0 Å². The third-order valence-corrected chi connectivity index (χ3v) is 7.91. The van der Waals surface area contributed by atoms with Crippen LogP contribution in [0.5, 0.6) is 0 Å². The van der Waals surface area contributed by atoms with Gasteiger partial charge < -0.3 is 4.90 Å². The Labute approximate surface area is 153 Å². The second-order valence-electron chi connectivity index (χ2n) is 7.10. The lowest BCUT2D eigenvalue weighted by Crippen LogP contribution is -2.49. The van der Waals surface area contributed by atoms with Crippen LogP contribution in [0.25, 0.3) is 11.0 Å². The Morgan fingerprint density at radius 3 is 2.56 bits per heavy atom. The predicted molar refractivity (Wildman–Crippen MR) is 99.2 cm³/mol. The van der Waals surface area contributed by atoms with Crippen LogP contribution in [0.4, 0.5) is 0 Å². The quantitative estimate of drug-likeness (QED) is 0.816. The lowest BCUT2D eigenvalue weighted by Gasteiger charge is -2.36. The first-order valence-corrected chi connectivity index (χ1v) is 11.3. The maximum atomic E-state index is 13.0. The van der Waals surface area contributed by atoms with Crippen LogP contribution in [0.2, 0.25) is 0 Å². The Balaban J connectivity index is 1.43. The number of benzene rings is 1. The highest BCUT2D eigenvalue weighted by molar-refractivity contribution is 7.89. The summed E-state index contributed by atoms with van der Waals surface area (Å²) in [4.78, 5) is 2.73. The molecule has 0 bridgehead atoms. The molecular formula is C17H24N4O2S2. The van der Waals surface area contributed by atoms with Gasteiger partial charge in [-0.05, 0) is 30.9 Å². The molecule has 0 atom stereocenters. The van der Waals surface area contributed by atoms with Gasteiger partial charge in [0.05, 0.1) is 11.7 Å². The molecule has 136 valence electrons. The lowest BCUT2D eigenvalue weighted by molar-refractivity contribution is 0.150. The first kappa shape index (κ1) is 17.3. The van der Waals surface area contributed by atoms with E-state index in [1.165, 1.54) is 32.1 Å². The maximum absolute atomic E-state index is 13.0. The zero-order valence-corrected chi connectivity index (χ0v) is 15.9. The number of nitrogens with zero attached hydrogens (tertiary/aromatic N) is 4. The molecular weight excluding hydrogens is 356 g/mol. The number of aromatic nitrogens is 2. The van der Waals surface area contributed by atoms with Crippen molar-refractivity contribution in [3.63, 3.8) is 0 Å². The molecule has 1 aromatic carbocycles. The van der Waals surface area contributed by atoms with Crippen LogP contribution in [0.15, 0.2) is 23.1 Å². The molecule has 1 saturated carbocycles. The van der Waals surface area contributed by atoms with Gasteiger partial charge in [0, 0.05) is 32.7 Å². The second-order valence-corrected chi connectivity index (χ2v) is 9.53. The summed E-state index contributed by atoms with van der Waals surface area (Å²) in [5.41, 5.74) is 1.15. The van der Waals surface area contributed by atoms with Crippen LogP contribution in [-0.4, -0.2) is 59.1 Å². The molecule has 0 unspecified atom stereocenters. The van der Waals surface area contributed by atoms with E-state index in [1.54, 1.807) is 22.5 Å². The summed E-state index contributed by atoms with van der Waals surface area (Å²) in [6, 6.07) is 5.20. The van der Waals surface area contributed by atoms with Crippen molar-refractivity contribution in [1.29, 1.82) is 0 Å². The van der Waals surface area contributed by atoms with Crippen LogP contribution in [0.3, 0.4) is 0 Å². The summed E-state index contributed by atoms with van der Waals surface area (Å²) in [6.07, 6.45) is 6.74. The maximum Gasteiger partial charge on any atom is 0.245 e. The Bertz CT molecular complexity index is 822. The van der Waals surface area contributed by atoms with Crippen molar-refractivity contribution in [2.24, 2.45) is 5.92 Å². The normalized spacial score (nSPS) is 21.8. The number of hydrogen-bond donors (Lipinski definition) is 0. The van der Waals surface area contributed by atoms with Gasteiger partial charge in [-0.2, -0.15) is 13.1 Å². The van der Waals surface area contributed by atoms with Crippen molar-refractivity contribution in [2.45, 2.75) is 37.0 Å².